The summed E-state index contributed by atoms with van der Waals surface area (Å²) in [5.74, 6) is 0.609. The highest BCUT2D eigenvalue weighted by Gasteiger charge is 2.27. The molecule has 0 aromatic carbocycles. The molecule has 5 heteroatoms. The molecule has 0 saturated carbocycles. The highest BCUT2D eigenvalue weighted by atomic mass is 16.6. The summed E-state index contributed by atoms with van der Waals surface area (Å²) in [6.45, 7) is 9.37. The van der Waals surface area contributed by atoms with Gasteiger partial charge in [0.1, 0.15) is 5.60 Å². The lowest BCUT2D eigenvalue weighted by Gasteiger charge is -2.33. The van der Waals surface area contributed by atoms with Crippen LogP contribution in [-0.4, -0.2) is 41.9 Å². The number of aromatic nitrogens is 1. The molecule has 114 valence electrons. The first-order valence-corrected chi connectivity index (χ1v) is 7.73. The van der Waals surface area contributed by atoms with Gasteiger partial charge in [0.15, 0.2) is 7.28 Å². The number of piperidine rings is 1. The average molecular weight is 288 g/mol. The van der Waals surface area contributed by atoms with E-state index in [1.165, 1.54) is 5.56 Å². The maximum Gasteiger partial charge on any atom is 0.410 e. The van der Waals surface area contributed by atoms with Gasteiger partial charge in [0.2, 0.25) is 0 Å². The molecule has 1 aromatic heterocycles. The Labute approximate surface area is 128 Å². The summed E-state index contributed by atoms with van der Waals surface area (Å²) in [6, 6.07) is 4.18. The lowest BCUT2D eigenvalue weighted by atomic mass is 9.58. The second-order valence-electron chi connectivity index (χ2n) is 6.94. The lowest BCUT2D eigenvalue weighted by molar-refractivity contribution is 0.0216. The van der Waals surface area contributed by atoms with E-state index in [4.69, 9.17) is 4.74 Å². The number of aryl methyl sites for hydroxylation is 1. The summed E-state index contributed by atoms with van der Waals surface area (Å²) in [7, 11) is 1.00. The van der Waals surface area contributed by atoms with Crippen LogP contribution in [0.25, 0.3) is 0 Å². The fourth-order valence-electron chi connectivity index (χ4n) is 2.65. The molecule has 1 aliphatic rings. The van der Waals surface area contributed by atoms with Crippen molar-refractivity contribution in [1.29, 1.82) is 0 Å². The van der Waals surface area contributed by atoms with Gasteiger partial charge in [-0.05, 0) is 58.2 Å². The second-order valence-corrected chi connectivity index (χ2v) is 6.94. The van der Waals surface area contributed by atoms with Gasteiger partial charge in [-0.2, -0.15) is 0 Å². The number of nitrogens with zero attached hydrogens (tertiary/aromatic N) is 2. The van der Waals surface area contributed by atoms with Crippen LogP contribution in [0.5, 0.6) is 0 Å². The van der Waals surface area contributed by atoms with Crippen molar-refractivity contribution in [2.45, 2.75) is 52.0 Å². The quantitative estimate of drug-likeness (QED) is 0.784. The Hall–Kier alpha value is -1.52. The minimum absolute atomic E-state index is 0.186. The zero-order valence-electron chi connectivity index (χ0n) is 13.6. The van der Waals surface area contributed by atoms with Gasteiger partial charge in [-0.25, -0.2) is 4.79 Å². The summed E-state index contributed by atoms with van der Waals surface area (Å²) in [4.78, 5) is 18.3. The minimum Gasteiger partial charge on any atom is -0.444 e. The minimum atomic E-state index is -0.417. The third-order valence-corrected chi connectivity index (χ3v) is 3.74. The first-order valence-electron chi connectivity index (χ1n) is 7.73. The molecule has 21 heavy (non-hydrogen) atoms. The monoisotopic (exact) mass is 288 g/mol. The van der Waals surface area contributed by atoms with Crippen LogP contribution in [-0.2, 0) is 4.74 Å². The zero-order chi connectivity index (χ0) is 15.5. The number of ether oxygens (including phenoxy) is 1. The summed E-state index contributed by atoms with van der Waals surface area (Å²) < 4.78 is 5.42. The molecular weight excluding hydrogens is 263 g/mol. The standard InChI is InChI=1S/C16H25BN2O2/c1-12-5-8-18-14(11-12)17-13-6-9-19(10-7-13)15(20)21-16(2,3)4/h5,8,11,13,17H,6-7,9-10H2,1-4H3. The Morgan fingerprint density at radius 2 is 2.05 bits per heavy atom. The summed E-state index contributed by atoms with van der Waals surface area (Å²) >= 11 is 0. The molecule has 1 aromatic rings. The Bertz CT molecular complexity index is 491. The number of likely N-dealkylation sites (tertiary alicyclic amines) is 1. The smallest absolute Gasteiger partial charge is 0.410 e. The molecule has 1 amide bonds. The van der Waals surface area contributed by atoms with E-state index >= 15 is 0 Å². The summed E-state index contributed by atoms with van der Waals surface area (Å²) in [5, 5.41) is 0. The van der Waals surface area contributed by atoms with Gasteiger partial charge in [0.25, 0.3) is 0 Å². The van der Waals surface area contributed by atoms with Crippen molar-refractivity contribution in [3.8, 4) is 0 Å². The molecule has 0 spiro atoms. The highest BCUT2D eigenvalue weighted by molar-refractivity contribution is 6.53. The van der Waals surface area contributed by atoms with Gasteiger partial charge in [-0.1, -0.05) is 5.82 Å². The fourth-order valence-corrected chi connectivity index (χ4v) is 2.65. The number of carbonyl (C=O) groups excluding carboxylic acids is 1. The fraction of sp³-hybridized carbons (Fsp3) is 0.625. The molecular formula is C16H25BN2O2. The van der Waals surface area contributed by atoms with Crippen molar-refractivity contribution in [3.05, 3.63) is 23.9 Å². The number of hydrogen-bond acceptors (Lipinski definition) is 3. The van der Waals surface area contributed by atoms with Crippen LogP contribution in [0.15, 0.2) is 18.3 Å². The van der Waals surface area contributed by atoms with Gasteiger partial charge >= 0.3 is 6.09 Å². The van der Waals surface area contributed by atoms with Crippen molar-refractivity contribution in [2.24, 2.45) is 0 Å². The van der Waals surface area contributed by atoms with Crippen molar-refractivity contribution >= 4 is 19.0 Å². The molecule has 0 radical (unpaired) electrons. The van der Waals surface area contributed by atoms with E-state index in [0.29, 0.717) is 5.82 Å². The van der Waals surface area contributed by atoms with E-state index in [1.54, 1.807) is 0 Å². The first kappa shape index (κ1) is 15.9. The van der Waals surface area contributed by atoms with Crippen molar-refractivity contribution in [2.75, 3.05) is 13.1 Å². The van der Waals surface area contributed by atoms with Crippen LogP contribution >= 0.6 is 0 Å². The molecule has 2 heterocycles. The average Bonchev–Trinajstić information content (AvgIpc) is 2.37. The van der Waals surface area contributed by atoms with E-state index in [9.17, 15) is 4.79 Å². The van der Waals surface area contributed by atoms with Crippen LogP contribution < -0.4 is 5.59 Å². The molecule has 4 nitrogen and oxygen atoms in total. The molecule has 0 atom stereocenters. The number of rotatable bonds is 2. The summed E-state index contributed by atoms with van der Waals surface area (Å²) in [6.07, 6.45) is 3.74. The maximum atomic E-state index is 12.0. The van der Waals surface area contributed by atoms with Crippen molar-refractivity contribution in [1.82, 2.24) is 9.88 Å². The molecule has 0 aliphatic carbocycles. The summed E-state index contributed by atoms with van der Waals surface area (Å²) in [5.41, 5.74) is 2.00. The third-order valence-electron chi connectivity index (χ3n) is 3.74. The van der Waals surface area contributed by atoms with E-state index in [1.807, 2.05) is 37.9 Å². The van der Waals surface area contributed by atoms with Crippen LogP contribution in [0, 0.1) is 6.92 Å². The SMILES string of the molecule is Cc1ccnc(BC2CCN(C(=O)OC(C)(C)C)CC2)c1. The number of amides is 1. The molecule has 1 fully saturated rings. The first-order chi connectivity index (χ1) is 9.83. The maximum absolute atomic E-state index is 12.0. The van der Waals surface area contributed by atoms with E-state index < -0.39 is 5.60 Å². The van der Waals surface area contributed by atoms with Crippen LogP contribution in [0.4, 0.5) is 4.79 Å². The molecule has 0 unspecified atom stereocenters. The van der Waals surface area contributed by atoms with E-state index in [0.717, 1.165) is 38.8 Å². The Morgan fingerprint density at radius 1 is 1.38 bits per heavy atom. The zero-order valence-corrected chi connectivity index (χ0v) is 13.6. The highest BCUT2D eigenvalue weighted by Crippen LogP contribution is 2.23. The Balaban J connectivity index is 1.82. The largest absolute Gasteiger partial charge is 0.444 e. The van der Waals surface area contributed by atoms with Crippen molar-refractivity contribution in [3.63, 3.8) is 0 Å². The van der Waals surface area contributed by atoms with Crippen molar-refractivity contribution < 1.29 is 9.53 Å². The third kappa shape index (κ3) is 5.07. The molecule has 2 rings (SSSR count). The van der Waals surface area contributed by atoms with Gasteiger partial charge in [-0.3, -0.25) is 4.98 Å². The van der Waals surface area contributed by atoms with Crippen LogP contribution in [0.1, 0.15) is 39.2 Å². The second kappa shape index (κ2) is 6.50. The molecule has 1 aliphatic heterocycles. The predicted molar refractivity (Wildman–Crippen MR) is 86.5 cm³/mol. The van der Waals surface area contributed by atoms with Gasteiger partial charge in [0, 0.05) is 24.9 Å². The Kier molecular flexibility index (Phi) is 4.91. The number of pyridine rings is 1. The molecule has 0 bridgehead atoms. The van der Waals surface area contributed by atoms with Crippen LogP contribution in [0.3, 0.4) is 0 Å². The van der Waals surface area contributed by atoms with E-state index in [2.05, 4.69) is 18.0 Å². The predicted octanol–water partition coefficient (Wildman–Crippen LogP) is 2.27. The molecule has 0 N–H and O–H groups in total. The topological polar surface area (TPSA) is 42.4 Å². The normalized spacial score (nSPS) is 16.7. The van der Waals surface area contributed by atoms with Gasteiger partial charge in [0.05, 0.1) is 0 Å². The number of hydrogen-bond donors (Lipinski definition) is 0. The number of carbonyl (C=O) groups is 1. The van der Waals surface area contributed by atoms with E-state index in [-0.39, 0.29) is 6.09 Å². The molecule has 1 saturated heterocycles. The Morgan fingerprint density at radius 3 is 2.62 bits per heavy atom. The van der Waals surface area contributed by atoms with Crippen LogP contribution in [0.2, 0.25) is 5.82 Å². The van der Waals surface area contributed by atoms with Gasteiger partial charge in [-0.15, -0.1) is 0 Å². The lowest BCUT2D eigenvalue weighted by Crippen LogP contribution is -2.42. The van der Waals surface area contributed by atoms with Gasteiger partial charge < -0.3 is 9.64 Å².